The third-order valence-corrected chi connectivity index (χ3v) is 2.64. The van der Waals surface area contributed by atoms with Gasteiger partial charge in [0, 0.05) is 18.7 Å². The van der Waals surface area contributed by atoms with Crippen molar-refractivity contribution in [3.63, 3.8) is 0 Å². The molecule has 0 aromatic carbocycles. The minimum absolute atomic E-state index is 1.09. The van der Waals surface area contributed by atoms with Crippen LogP contribution in [0.2, 0.25) is 0 Å². The zero-order valence-corrected chi connectivity index (χ0v) is 6.45. The predicted octanol–water partition coefficient (Wildman–Crippen LogP) is 0.649. The van der Waals surface area contributed by atoms with Gasteiger partial charge in [0.1, 0.15) is 5.82 Å². The number of aromatic nitrogens is 2. The fourth-order valence-electron chi connectivity index (χ4n) is 2.12. The maximum Gasteiger partial charge on any atom is 0.130 e. The van der Waals surface area contributed by atoms with E-state index >= 15 is 0 Å². The van der Waals surface area contributed by atoms with Crippen molar-refractivity contribution in [3.8, 4) is 0 Å². The van der Waals surface area contributed by atoms with Gasteiger partial charge in [0.15, 0.2) is 0 Å². The molecule has 3 rings (SSSR count). The van der Waals surface area contributed by atoms with Crippen molar-refractivity contribution in [2.45, 2.75) is 19.4 Å². The average molecular weight is 149 g/mol. The van der Waals surface area contributed by atoms with Gasteiger partial charge in [-0.3, -0.25) is 0 Å². The van der Waals surface area contributed by atoms with Crippen LogP contribution in [0.3, 0.4) is 0 Å². The Morgan fingerprint density at radius 1 is 1.27 bits per heavy atom. The Hall–Kier alpha value is -0.990. The molecule has 1 aromatic rings. The van der Waals surface area contributed by atoms with Gasteiger partial charge in [0.2, 0.25) is 0 Å². The molecule has 0 atom stereocenters. The molecule has 2 aliphatic rings. The summed E-state index contributed by atoms with van der Waals surface area (Å²) >= 11 is 0. The van der Waals surface area contributed by atoms with Crippen LogP contribution in [0.5, 0.6) is 0 Å². The Kier molecular flexibility index (Phi) is 0.913. The summed E-state index contributed by atoms with van der Waals surface area (Å²) in [5, 5.41) is 4.33. The van der Waals surface area contributed by atoms with Gasteiger partial charge in [-0.05, 0) is 12.8 Å². The second-order valence-electron chi connectivity index (χ2n) is 3.31. The van der Waals surface area contributed by atoms with Crippen LogP contribution in [0.4, 0.5) is 5.82 Å². The summed E-state index contributed by atoms with van der Waals surface area (Å²) in [6.45, 7) is 3.50. The normalized spacial score (nSPS) is 20.5. The number of rotatable bonds is 0. The van der Waals surface area contributed by atoms with Crippen molar-refractivity contribution >= 4 is 5.82 Å². The largest absolute Gasteiger partial charge is 0.355 e. The van der Waals surface area contributed by atoms with Gasteiger partial charge in [-0.15, -0.1) is 0 Å². The van der Waals surface area contributed by atoms with Crippen LogP contribution < -0.4 is 4.90 Å². The highest BCUT2D eigenvalue weighted by Gasteiger charge is 2.26. The van der Waals surface area contributed by atoms with Gasteiger partial charge >= 0.3 is 0 Å². The molecule has 0 fully saturated rings. The topological polar surface area (TPSA) is 21.1 Å². The van der Waals surface area contributed by atoms with Crippen molar-refractivity contribution in [1.82, 2.24) is 9.78 Å². The summed E-state index contributed by atoms with van der Waals surface area (Å²) in [7, 11) is 0. The van der Waals surface area contributed by atoms with E-state index < -0.39 is 0 Å². The van der Waals surface area contributed by atoms with Crippen molar-refractivity contribution in [1.29, 1.82) is 0 Å². The molecular weight excluding hydrogens is 138 g/mol. The van der Waals surface area contributed by atoms with Gasteiger partial charge < -0.3 is 4.90 Å². The lowest BCUT2D eigenvalue weighted by atomic mass is 10.1. The Labute approximate surface area is 65.6 Å². The van der Waals surface area contributed by atoms with Gasteiger partial charge in [-0.1, -0.05) is 0 Å². The van der Waals surface area contributed by atoms with Crippen LogP contribution in [0.25, 0.3) is 0 Å². The average Bonchev–Trinajstić information content (AvgIpc) is 2.60. The maximum atomic E-state index is 4.33. The SMILES string of the molecule is c1nn2c3c1CCCN3CC2. The van der Waals surface area contributed by atoms with Gasteiger partial charge in [-0.2, -0.15) is 5.10 Å². The Morgan fingerprint density at radius 3 is 3.27 bits per heavy atom. The van der Waals surface area contributed by atoms with E-state index in [9.17, 15) is 0 Å². The minimum Gasteiger partial charge on any atom is -0.355 e. The first-order valence-electron chi connectivity index (χ1n) is 4.25. The number of hydrogen-bond acceptors (Lipinski definition) is 2. The summed E-state index contributed by atoms with van der Waals surface area (Å²) in [6, 6.07) is 0. The number of aryl methyl sites for hydroxylation is 1. The van der Waals surface area contributed by atoms with Gasteiger partial charge in [0.05, 0.1) is 12.7 Å². The first-order valence-corrected chi connectivity index (χ1v) is 4.25. The zero-order valence-electron chi connectivity index (χ0n) is 6.45. The van der Waals surface area contributed by atoms with E-state index in [2.05, 4.69) is 14.7 Å². The Balaban J connectivity index is 2.21. The molecule has 0 amide bonds. The van der Waals surface area contributed by atoms with Crippen LogP contribution in [0.1, 0.15) is 12.0 Å². The Bertz CT molecular complexity index is 290. The van der Waals surface area contributed by atoms with Gasteiger partial charge in [0.25, 0.3) is 0 Å². The van der Waals surface area contributed by atoms with Crippen molar-refractivity contribution in [3.05, 3.63) is 11.8 Å². The van der Waals surface area contributed by atoms with Crippen molar-refractivity contribution in [2.24, 2.45) is 0 Å². The molecule has 0 saturated carbocycles. The zero-order chi connectivity index (χ0) is 7.26. The van der Waals surface area contributed by atoms with E-state index in [4.69, 9.17) is 0 Å². The van der Waals surface area contributed by atoms with Crippen LogP contribution in [-0.4, -0.2) is 22.9 Å². The molecule has 3 heterocycles. The lowest BCUT2D eigenvalue weighted by Crippen LogP contribution is -2.26. The summed E-state index contributed by atoms with van der Waals surface area (Å²) in [5.41, 5.74) is 1.45. The van der Waals surface area contributed by atoms with E-state index in [0.717, 1.165) is 6.54 Å². The van der Waals surface area contributed by atoms with E-state index in [1.807, 2.05) is 6.20 Å². The molecule has 58 valence electrons. The quantitative estimate of drug-likeness (QED) is 0.540. The third-order valence-electron chi connectivity index (χ3n) is 2.64. The predicted molar refractivity (Wildman–Crippen MR) is 42.8 cm³/mol. The standard InChI is InChI=1S/C8H11N3/c1-2-7-6-9-11-5-4-10(3-1)8(7)11/h6H,1-5H2. The minimum atomic E-state index is 1.09. The van der Waals surface area contributed by atoms with Gasteiger partial charge in [-0.25, -0.2) is 4.68 Å². The molecule has 1 aromatic heterocycles. The first kappa shape index (κ1) is 5.63. The molecule has 2 aliphatic heterocycles. The van der Waals surface area contributed by atoms with Crippen LogP contribution >= 0.6 is 0 Å². The molecule has 0 saturated heterocycles. The lowest BCUT2D eigenvalue weighted by Gasteiger charge is -2.22. The monoisotopic (exact) mass is 149 g/mol. The Morgan fingerprint density at radius 2 is 2.27 bits per heavy atom. The highest BCUT2D eigenvalue weighted by Crippen LogP contribution is 2.30. The maximum absolute atomic E-state index is 4.33. The number of hydrogen-bond donors (Lipinski definition) is 0. The molecule has 3 heteroatoms. The molecule has 11 heavy (non-hydrogen) atoms. The van der Waals surface area contributed by atoms with Crippen LogP contribution in [0, 0.1) is 0 Å². The smallest absolute Gasteiger partial charge is 0.130 e. The molecule has 0 N–H and O–H groups in total. The second kappa shape index (κ2) is 1.78. The second-order valence-corrected chi connectivity index (χ2v) is 3.31. The first-order chi connectivity index (χ1) is 5.45. The third kappa shape index (κ3) is 0.607. The highest BCUT2D eigenvalue weighted by atomic mass is 15.4. The number of anilines is 1. The summed E-state index contributed by atoms with van der Waals surface area (Å²) in [5.74, 6) is 1.40. The van der Waals surface area contributed by atoms with Crippen LogP contribution in [0.15, 0.2) is 6.20 Å². The molecule has 0 bridgehead atoms. The molecular formula is C8H11N3. The summed E-state index contributed by atoms with van der Waals surface area (Å²) in [6.07, 6.45) is 4.56. The van der Waals surface area contributed by atoms with E-state index in [1.54, 1.807) is 0 Å². The number of nitrogens with zero attached hydrogens (tertiary/aromatic N) is 3. The lowest BCUT2D eigenvalue weighted by molar-refractivity contribution is 0.675. The van der Waals surface area contributed by atoms with Crippen molar-refractivity contribution < 1.29 is 0 Å². The van der Waals surface area contributed by atoms with Crippen LogP contribution in [-0.2, 0) is 13.0 Å². The molecule has 0 spiro atoms. The summed E-state index contributed by atoms with van der Waals surface area (Å²) < 4.78 is 2.13. The fourth-order valence-corrected chi connectivity index (χ4v) is 2.12. The van der Waals surface area contributed by atoms with E-state index in [0.29, 0.717) is 0 Å². The molecule has 3 nitrogen and oxygen atoms in total. The molecule has 0 radical (unpaired) electrons. The molecule has 0 aliphatic carbocycles. The van der Waals surface area contributed by atoms with E-state index in [1.165, 1.54) is 37.3 Å². The van der Waals surface area contributed by atoms with Crippen molar-refractivity contribution in [2.75, 3.05) is 18.0 Å². The highest BCUT2D eigenvalue weighted by molar-refractivity contribution is 5.51. The van der Waals surface area contributed by atoms with E-state index in [-0.39, 0.29) is 0 Å². The fraction of sp³-hybridized carbons (Fsp3) is 0.625. The summed E-state index contributed by atoms with van der Waals surface area (Å²) in [4.78, 5) is 2.45. The molecule has 0 unspecified atom stereocenters.